The summed E-state index contributed by atoms with van der Waals surface area (Å²) in [6, 6.07) is 0.240. The van der Waals surface area contributed by atoms with Gasteiger partial charge in [0.1, 0.15) is 0 Å². The van der Waals surface area contributed by atoms with Crippen LogP contribution in [0.25, 0.3) is 0 Å². The summed E-state index contributed by atoms with van der Waals surface area (Å²) in [5.74, 6) is 1.34. The number of hydrogen-bond acceptors (Lipinski definition) is 7. The second-order valence-electron chi connectivity index (χ2n) is 4.91. The largest absolute Gasteiger partial charge is 0.461 e. The number of nitrogens with one attached hydrogen (secondary N) is 1. The third kappa shape index (κ3) is 5.25. The molecular weight excluding hydrogens is 246 g/mol. The number of nitrogen functional groups attached to an aromatic ring is 1. The van der Waals surface area contributed by atoms with Gasteiger partial charge in [0.05, 0.1) is 12.7 Å². The fraction of sp³-hybridized carbons (Fsp3) is 0.750. The molecule has 19 heavy (non-hydrogen) atoms. The number of rotatable bonds is 8. The van der Waals surface area contributed by atoms with Gasteiger partial charge in [-0.05, 0) is 32.6 Å². The molecule has 1 fully saturated rings. The van der Waals surface area contributed by atoms with E-state index >= 15 is 0 Å². The molecule has 1 aliphatic rings. The van der Waals surface area contributed by atoms with Gasteiger partial charge in [0.25, 0.3) is 0 Å². The Morgan fingerprint density at radius 3 is 2.79 bits per heavy atom. The van der Waals surface area contributed by atoms with Gasteiger partial charge < -0.3 is 20.5 Å². The topological polar surface area (TPSA) is 95.2 Å². The van der Waals surface area contributed by atoms with Crippen molar-refractivity contribution >= 4 is 11.9 Å². The molecule has 7 nitrogen and oxygen atoms in total. The van der Waals surface area contributed by atoms with Gasteiger partial charge in [-0.25, -0.2) is 0 Å². The average Bonchev–Trinajstić information content (AvgIpc) is 3.10. The second-order valence-corrected chi connectivity index (χ2v) is 4.91. The Labute approximate surface area is 112 Å². The Hall–Kier alpha value is -1.63. The van der Waals surface area contributed by atoms with Crippen molar-refractivity contribution in [1.29, 1.82) is 0 Å². The summed E-state index contributed by atoms with van der Waals surface area (Å²) < 4.78 is 10.9. The van der Waals surface area contributed by atoms with Crippen molar-refractivity contribution in [2.75, 3.05) is 30.8 Å². The van der Waals surface area contributed by atoms with Crippen LogP contribution in [0.2, 0.25) is 0 Å². The fourth-order valence-corrected chi connectivity index (χ4v) is 1.48. The first-order chi connectivity index (χ1) is 9.13. The maximum atomic E-state index is 5.60. The van der Waals surface area contributed by atoms with E-state index in [2.05, 4.69) is 20.3 Å². The number of nitrogens with zero attached hydrogens (tertiary/aromatic N) is 3. The summed E-state index contributed by atoms with van der Waals surface area (Å²) in [5.41, 5.74) is 5.60. The monoisotopic (exact) mass is 267 g/mol. The van der Waals surface area contributed by atoms with E-state index in [1.807, 2.05) is 13.8 Å². The minimum Gasteiger partial charge on any atom is -0.461 e. The predicted octanol–water partition coefficient (Wildman–Crippen LogP) is 1.08. The third-order valence-electron chi connectivity index (χ3n) is 2.55. The Bertz CT molecular complexity index is 409. The van der Waals surface area contributed by atoms with Gasteiger partial charge in [0, 0.05) is 13.2 Å². The zero-order valence-corrected chi connectivity index (χ0v) is 11.4. The van der Waals surface area contributed by atoms with Crippen LogP contribution in [0, 0.1) is 5.92 Å². The highest BCUT2D eigenvalue weighted by Crippen LogP contribution is 2.28. The van der Waals surface area contributed by atoms with Crippen molar-refractivity contribution in [2.24, 2.45) is 5.92 Å². The lowest BCUT2D eigenvalue weighted by molar-refractivity contribution is 0.133. The quantitative estimate of drug-likeness (QED) is 0.680. The number of hydrogen-bond donors (Lipinski definition) is 2. The van der Waals surface area contributed by atoms with Crippen molar-refractivity contribution in [3.63, 3.8) is 0 Å². The maximum absolute atomic E-state index is 5.60. The molecule has 1 aromatic rings. The molecule has 1 heterocycles. The molecule has 0 atom stereocenters. The Kier molecular flexibility index (Phi) is 4.73. The maximum Gasteiger partial charge on any atom is 0.323 e. The van der Waals surface area contributed by atoms with Crippen LogP contribution >= 0.6 is 0 Å². The Morgan fingerprint density at radius 1 is 1.32 bits per heavy atom. The van der Waals surface area contributed by atoms with E-state index in [9.17, 15) is 0 Å². The summed E-state index contributed by atoms with van der Waals surface area (Å²) >= 11 is 0. The van der Waals surface area contributed by atoms with Crippen LogP contribution in [-0.2, 0) is 4.74 Å². The molecule has 2 rings (SSSR count). The molecule has 1 aromatic heterocycles. The fourth-order valence-electron chi connectivity index (χ4n) is 1.48. The molecule has 0 aliphatic heterocycles. The summed E-state index contributed by atoms with van der Waals surface area (Å²) in [6.45, 7) is 5.92. The summed E-state index contributed by atoms with van der Waals surface area (Å²) in [6.07, 6.45) is 2.59. The Balaban J connectivity index is 1.75. The zero-order valence-electron chi connectivity index (χ0n) is 11.4. The van der Waals surface area contributed by atoms with Crippen LogP contribution in [0.5, 0.6) is 6.01 Å². The van der Waals surface area contributed by atoms with Crippen molar-refractivity contribution in [3.8, 4) is 6.01 Å². The molecule has 0 bridgehead atoms. The first-order valence-corrected chi connectivity index (χ1v) is 6.63. The SMILES string of the molecule is CC(C)Oc1nc(N)nc(NCCOCC2CC2)n1. The van der Waals surface area contributed by atoms with Crippen LogP contribution in [0.15, 0.2) is 0 Å². The standard InChI is InChI=1S/C12H21N5O2/c1-8(2)19-12-16-10(13)15-11(17-12)14-5-6-18-7-9-3-4-9/h8-9H,3-7H2,1-2H3,(H3,13,14,15,16,17). The summed E-state index contributed by atoms with van der Waals surface area (Å²) in [4.78, 5) is 12.0. The van der Waals surface area contributed by atoms with E-state index in [1.54, 1.807) is 0 Å². The highest BCUT2D eigenvalue weighted by Gasteiger charge is 2.20. The predicted molar refractivity (Wildman–Crippen MR) is 72.0 cm³/mol. The lowest BCUT2D eigenvalue weighted by Crippen LogP contribution is -2.15. The van der Waals surface area contributed by atoms with Gasteiger partial charge in [0.15, 0.2) is 0 Å². The van der Waals surface area contributed by atoms with Crippen molar-refractivity contribution in [2.45, 2.75) is 32.8 Å². The van der Waals surface area contributed by atoms with Gasteiger partial charge in [-0.15, -0.1) is 0 Å². The highest BCUT2D eigenvalue weighted by molar-refractivity contribution is 5.32. The molecule has 1 saturated carbocycles. The number of ether oxygens (including phenoxy) is 2. The molecule has 0 amide bonds. The molecule has 0 saturated heterocycles. The smallest absolute Gasteiger partial charge is 0.323 e. The van der Waals surface area contributed by atoms with Crippen molar-refractivity contribution in [3.05, 3.63) is 0 Å². The van der Waals surface area contributed by atoms with E-state index < -0.39 is 0 Å². The molecule has 3 N–H and O–H groups in total. The van der Waals surface area contributed by atoms with Gasteiger partial charge in [-0.3, -0.25) is 0 Å². The normalized spacial score (nSPS) is 14.7. The lowest BCUT2D eigenvalue weighted by Gasteiger charge is -2.10. The van der Waals surface area contributed by atoms with Gasteiger partial charge in [-0.1, -0.05) is 0 Å². The molecule has 1 aliphatic carbocycles. The van der Waals surface area contributed by atoms with Crippen molar-refractivity contribution < 1.29 is 9.47 Å². The average molecular weight is 267 g/mol. The highest BCUT2D eigenvalue weighted by atomic mass is 16.5. The number of nitrogens with two attached hydrogens (primary N) is 1. The van der Waals surface area contributed by atoms with E-state index in [-0.39, 0.29) is 18.1 Å². The number of anilines is 2. The molecule has 0 radical (unpaired) electrons. The minimum atomic E-state index is -0.00322. The van der Waals surface area contributed by atoms with Crippen LogP contribution in [0.1, 0.15) is 26.7 Å². The molecule has 0 aromatic carbocycles. The lowest BCUT2D eigenvalue weighted by atomic mass is 10.5. The van der Waals surface area contributed by atoms with Crippen LogP contribution < -0.4 is 15.8 Å². The van der Waals surface area contributed by atoms with E-state index in [0.29, 0.717) is 19.1 Å². The van der Waals surface area contributed by atoms with Gasteiger partial charge in [0.2, 0.25) is 11.9 Å². The second kappa shape index (κ2) is 6.51. The van der Waals surface area contributed by atoms with E-state index in [4.69, 9.17) is 15.2 Å². The molecule has 0 spiro atoms. The number of aromatic nitrogens is 3. The Morgan fingerprint density at radius 2 is 2.11 bits per heavy atom. The molecule has 7 heteroatoms. The van der Waals surface area contributed by atoms with Gasteiger partial charge >= 0.3 is 6.01 Å². The zero-order chi connectivity index (χ0) is 13.7. The molecular formula is C12H21N5O2. The third-order valence-corrected chi connectivity index (χ3v) is 2.55. The van der Waals surface area contributed by atoms with Crippen LogP contribution in [0.4, 0.5) is 11.9 Å². The van der Waals surface area contributed by atoms with E-state index in [0.717, 1.165) is 12.5 Å². The van der Waals surface area contributed by atoms with Crippen LogP contribution in [-0.4, -0.2) is 40.8 Å². The van der Waals surface area contributed by atoms with Crippen LogP contribution in [0.3, 0.4) is 0 Å². The molecule has 0 unspecified atom stereocenters. The minimum absolute atomic E-state index is 0.00322. The summed E-state index contributed by atoms with van der Waals surface area (Å²) in [7, 11) is 0. The first kappa shape index (κ1) is 13.8. The van der Waals surface area contributed by atoms with Gasteiger partial charge in [-0.2, -0.15) is 15.0 Å². The summed E-state index contributed by atoms with van der Waals surface area (Å²) in [5, 5.41) is 3.05. The van der Waals surface area contributed by atoms with Crippen molar-refractivity contribution in [1.82, 2.24) is 15.0 Å². The first-order valence-electron chi connectivity index (χ1n) is 6.63. The molecule has 106 valence electrons. The van der Waals surface area contributed by atoms with E-state index in [1.165, 1.54) is 12.8 Å².